The smallest absolute Gasteiger partial charge is 1.00 e. The van der Waals surface area contributed by atoms with Crippen molar-refractivity contribution < 1.29 is 109 Å². The number of carbonyl (C=O) groups excluding carboxylic acids is 2. The Hall–Kier alpha value is -1.08. The van der Waals surface area contributed by atoms with Gasteiger partial charge in [0.2, 0.25) is 0 Å². The van der Waals surface area contributed by atoms with Crippen LogP contribution in [0.15, 0.2) is 73.3 Å². The molecule has 2 aliphatic rings. The summed E-state index contributed by atoms with van der Waals surface area (Å²) < 4.78 is 10.5. The zero-order valence-electron chi connectivity index (χ0n) is 31.0. The molecule has 12 heteroatoms. The van der Waals surface area contributed by atoms with Gasteiger partial charge in [-0.3, -0.25) is 9.97 Å². The molecule has 2 aliphatic carbocycles. The Morgan fingerprint density at radius 1 is 0.404 bits per heavy atom. The monoisotopic (exact) mass is 1140 g/mol. The van der Waals surface area contributed by atoms with E-state index in [2.05, 4.69) is 79.2 Å². The van der Waals surface area contributed by atoms with Crippen LogP contribution in [0.4, 0.5) is 0 Å². The van der Waals surface area contributed by atoms with E-state index in [9.17, 15) is 9.59 Å². The molecule has 52 heavy (non-hydrogen) atoms. The van der Waals surface area contributed by atoms with Gasteiger partial charge in [0.25, 0.3) is 0 Å². The number of nitrogens with zero attached hydrogens (tertiary/aromatic N) is 2. The van der Waals surface area contributed by atoms with Crippen molar-refractivity contribution in [3.05, 3.63) is 155 Å². The van der Waals surface area contributed by atoms with Gasteiger partial charge < -0.3 is 59.1 Å². The summed E-state index contributed by atoms with van der Waals surface area (Å²) in [5, 5.41) is 0. The summed E-state index contributed by atoms with van der Waals surface area (Å²) in [6, 6.07) is 13.7. The van der Waals surface area contributed by atoms with E-state index in [0.717, 1.165) is 11.1 Å². The Balaban J connectivity index is -0.000000373. The molecule has 284 valence electrons. The van der Waals surface area contributed by atoms with Gasteiger partial charge in [-0.05, 0) is 94.6 Å². The number of benzene rings is 1. The molecule has 0 atom stereocenters. The van der Waals surface area contributed by atoms with Crippen molar-refractivity contribution in [2.75, 3.05) is 0 Å². The minimum absolute atomic E-state index is 0. The minimum atomic E-state index is -0.400. The summed E-state index contributed by atoms with van der Waals surface area (Å²) in [6.07, 6.45) is 6.16. The first kappa shape index (κ1) is 57.6. The van der Waals surface area contributed by atoms with Gasteiger partial charge in [-0.15, -0.1) is 0 Å². The van der Waals surface area contributed by atoms with Crippen LogP contribution in [0.1, 0.15) is 101 Å². The number of hydrogen-bond donors (Lipinski definition) is 0. The van der Waals surface area contributed by atoms with Gasteiger partial charge in [0.1, 0.15) is 13.2 Å². The molecule has 2 heterocycles. The standard InChI is InChI=1S/C20H16N2O4.2C10H15.4ClH.2Ir/c23-19(17-5-9-21-10-6-17)25-13-15-1-2-16(4-3-15)14-26-20(24)18-7-11-22-12-8-18;2*1-6-7(2)9(4)10(5)8(6)3;;;;;;/h1-12H,13-14H2;2*1-5H3;4*1H;;/q;;;;;;;2*+3/p-4. The van der Waals surface area contributed by atoms with E-state index >= 15 is 0 Å². The normalized spacial score (nSPS) is 16.0. The molecule has 0 N–H and O–H groups in total. The zero-order valence-corrected chi connectivity index (χ0v) is 38.9. The molecule has 0 spiro atoms. The topological polar surface area (TPSA) is 78.4 Å². The van der Waals surface area contributed by atoms with Crippen LogP contribution < -0.4 is 49.6 Å². The van der Waals surface area contributed by atoms with Gasteiger partial charge in [0.15, 0.2) is 0 Å². The van der Waals surface area contributed by atoms with Crippen molar-refractivity contribution in [3.63, 3.8) is 0 Å². The molecule has 0 bridgehead atoms. The second-order valence-corrected chi connectivity index (χ2v) is 11.7. The Morgan fingerprint density at radius 3 is 0.788 bits per heavy atom. The molecular formula is C40H46Cl4Ir2N2O4+2. The summed E-state index contributed by atoms with van der Waals surface area (Å²) in [5.41, 5.74) is 2.60. The first-order valence-electron chi connectivity index (χ1n) is 15.4. The number of halogens is 4. The number of esters is 2. The van der Waals surface area contributed by atoms with Crippen molar-refractivity contribution in [2.24, 2.45) is 0 Å². The Bertz CT molecular complexity index is 1180. The predicted octanol–water partition coefficient (Wildman–Crippen LogP) is -2.85. The van der Waals surface area contributed by atoms with E-state index in [1.165, 1.54) is 59.2 Å². The first-order valence-corrected chi connectivity index (χ1v) is 15.4. The molecule has 5 rings (SSSR count). The number of ether oxygens (including phenoxy) is 2. The molecule has 6 nitrogen and oxygen atoms in total. The summed E-state index contributed by atoms with van der Waals surface area (Å²) in [7, 11) is 0. The molecule has 3 aromatic rings. The van der Waals surface area contributed by atoms with Crippen LogP contribution in [0, 0.1) is 59.2 Å². The van der Waals surface area contributed by atoms with Crippen molar-refractivity contribution >= 4 is 11.9 Å². The fourth-order valence-electron chi connectivity index (χ4n) is 4.98. The minimum Gasteiger partial charge on any atom is -1.00 e. The average Bonchev–Trinajstić information content (AvgIpc) is 3.37. The van der Waals surface area contributed by atoms with Crippen molar-refractivity contribution in [2.45, 2.75) is 82.5 Å². The van der Waals surface area contributed by atoms with E-state index in [1.54, 1.807) is 49.1 Å². The summed E-state index contributed by atoms with van der Waals surface area (Å²) in [6.45, 7) is 22.3. The number of aromatic nitrogens is 2. The van der Waals surface area contributed by atoms with Crippen LogP contribution in [0.3, 0.4) is 0 Å². The fourth-order valence-corrected chi connectivity index (χ4v) is 4.98. The molecule has 1 aromatic carbocycles. The maximum atomic E-state index is 11.9. The largest absolute Gasteiger partial charge is 3.00 e. The van der Waals surface area contributed by atoms with Crippen LogP contribution in [-0.4, -0.2) is 21.9 Å². The van der Waals surface area contributed by atoms with Crippen molar-refractivity contribution in [1.29, 1.82) is 0 Å². The quantitative estimate of drug-likeness (QED) is 0.248. The molecule has 2 fully saturated rings. The molecule has 2 aromatic heterocycles. The molecule has 0 aliphatic heterocycles. The third kappa shape index (κ3) is 16.3. The summed E-state index contributed by atoms with van der Waals surface area (Å²) in [4.78, 5) is 31.5. The van der Waals surface area contributed by atoms with E-state index in [4.69, 9.17) is 9.47 Å². The average molecular weight is 1150 g/mol. The molecule has 0 saturated heterocycles. The third-order valence-corrected chi connectivity index (χ3v) is 9.22. The van der Waals surface area contributed by atoms with Crippen molar-refractivity contribution in [3.8, 4) is 0 Å². The second-order valence-electron chi connectivity index (χ2n) is 11.7. The van der Waals surface area contributed by atoms with Crippen LogP contribution >= 0.6 is 0 Å². The maximum absolute atomic E-state index is 11.9. The number of pyridine rings is 2. The van der Waals surface area contributed by atoms with Gasteiger partial charge >= 0.3 is 52.1 Å². The number of carbonyl (C=O) groups is 2. The SMILES string of the molecule is C[C]1[C](C)[C](C)[C](C)[C]1C.C[C]1[C](C)[C](C)[C](C)[C]1C.O=C(OCc1ccc(COC(=O)c2ccncc2)cc1)c1ccncc1.[Cl-].[Cl-].[Cl-].[Cl-].[Ir+3].[Ir+3]. The molecule has 0 unspecified atom stereocenters. The molecule has 10 radical (unpaired) electrons. The van der Waals surface area contributed by atoms with Gasteiger partial charge in [-0.1, -0.05) is 93.5 Å². The third-order valence-electron chi connectivity index (χ3n) is 9.22. The second kappa shape index (κ2) is 28.3. The predicted molar refractivity (Wildman–Crippen MR) is 182 cm³/mol. The van der Waals surface area contributed by atoms with E-state index in [-0.39, 0.29) is 103 Å². The van der Waals surface area contributed by atoms with Crippen LogP contribution in [0.25, 0.3) is 0 Å². The van der Waals surface area contributed by atoms with Gasteiger partial charge in [0, 0.05) is 24.8 Å². The number of hydrogen-bond acceptors (Lipinski definition) is 6. The molecule has 0 amide bonds. The van der Waals surface area contributed by atoms with Gasteiger partial charge in [-0.2, -0.15) is 0 Å². The van der Waals surface area contributed by atoms with Gasteiger partial charge in [-0.25, -0.2) is 9.59 Å². The Kier molecular flexibility index (Phi) is 31.4. The Morgan fingerprint density at radius 2 is 0.596 bits per heavy atom. The summed E-state index contributed by atoms with van der Waals surface area (Å²) in [5.74, 6) is 13.9. The number of rotatable bonds is 6. The van der Waals surface area contributed by atoms with Crippen LogP contribution in [-0.2, 0) is 62.9 Å². The van der Waals surface area contributed by atoms with E-state index < -0.39 is 11.9 Å². The fraction of sp³-hybridized carbons (Fsp3) is 0.300. The van der Waals surface area contributed by atoms with Crippen LogP contribution in [0.2, 0.25) is 0 Å². The first-order chi connectivity index (χ1) is 21.8. The van der Waals surface area contributed by atoms with Crippen LogP contribution in [0.5, 0.6) is 0 Å². The summed E-state index contributed by atoms with van der Waals surface area (Å²) >= 11 is 0. The Labute approximate surface area is 365 Å². The van der Waals surface area contributed by atoms with Gasteiger partial charge in [0.05, 0.1) is 11.1 Å². The van der Waals surface area contributed by atoms with E-state index in [1.807, 2.05) is 24.3 Å². The molecular weight excluding hydrogens is 1100 g/mol. The van der Waals surface area contributed by atoms with E-state index in [0.29, 0.717) is 11.1 Å². The van der Waals surface area contributed by atoms with Crippen molar-refractivity contribution in [1.82, 2.24) is 9.97 Å². The molecule has 2 saturated carbocycles. The maximum Gasteiger partial charge on any atom is 3.00 e. The zero-order chi connectivity index (χ0) is 34.0.